The average Bonchev–Trinajstić information content (AvgIpc) is 2.96. The highest BCUT2D eigenvalue weighted by molar-refractivity contribution is 6.33. The maximum atomic E-state index is 6.23. The van der Waals surface area contributed by atoms with E-state index in [-0.39, 0.29) is 0 Å². The lowest BCUT2D eigenvalue weighted by molar-refractivity contribution is 0.262. The van der Waals surface area contributed by atoms with Crippen LogP contribution in [0.2, 0.25) is 5.02 Å². The molecular formula is C15H22ClN3. The summed E-state index contributed by atoms with van der Waals surface area (Å²) in [5, 5.41) is 8.09. The maximum Gasteiger partial charge on any atom is 0.0718 e. The second-order valence-electron chi connectivity index (χ2n) is 5.76. The van der Waals surface area contributed by atoms with Gasteiger partial charge in [0.05, 0.1) is 16.9 Å². The Bertz CT molecular complexity index is 418. The van der Waals surface area contributed by atoms with Crippen LogP contribution >= 0.6 is 11.6 Å². The lowest BCUT2D eigenvalue weighted by Gasteiger charge is -2.36. The van der Waals surface area contributed by atoms with E-state index in [1.54, 1.807) is 6.20 Å². The summed E-state index contributed by atoms with van der Waals surface area (Å²) in [4.78, 5) is 4.17. The first kappa shape index (κ1) is 13.2. The van der Waals surface area contributed by atoms with Crippen LogP contribution in [0.15, 0.2) is 18.5 Å². The van der Waals surface area contributed by atoms with E-state index in [0.717, 1.165) is 16.6 Å². The largest absolute Gasteiger partial charge is 0.380 e. The number of nitrogens with one attached hydrogen (secondary N) is 2. The molecule has 4 heteroatoms. The minimum atomic E-state index is 0.533. The molecule has 2 N–H and O–H groups in total. The number of hydrogen-bond donors (Lipinski definition) is 2. The smallest absolute Gasteiger partial charge is 0.0718 e. The molecule has 0 aromatic carbocycles. The van der Waals surface area contributed by atoms with Crippen molar-refractivity contribution in [2.45, 2.75) is 50.6 Å². The van der Waals surface area contributed by atoms with Crippen molar-refractivity contribution in [3.63, 3.8) is 0 Å². The van der Waals surface area contributed by atoms with Crippen LogP contribution < -0.4 is 10.6 Å². The highest BCUT2D eigenvalue weighted by Gasteiger charge is 2.33. The molecule has 1 aliphatic heterocycles. The van der Waals surface area contributed by atoms with Crippen molar-refractivity contribution in [2.75, 3.05) is 11.9 Å². The van der Waals surface area contributed by atoms with E-state index < -0.39 is 0 Å². The fourth-order valence-corrected chi connectivity index (χ4v) is 3.74. The van der Waals surface area contributed by atoms with E-state index in [0.29, 0.717) is 12.1 Å². The van der Waals surface area contributed by atoms with E-state index in [2.05, 4.69) is 15.6 Å². The fraction of sp³-hybridized carbons (Fsp3) is 0.667. The van der Waals surface area contributed by atoms with Gasteiger partial charge in [-0.15, -0.1) is 0 Å². The SMILES string of the molecule is Clc1ccncc1NC1CCCCC1C1CCCN1. The predicted molar refractivity (Wildman–Crippen MR) is 79.6 cm³/mol. The maximum absolute atomic E-state index is 6.23. The third-order valence-electron chi connectivity index (χ3n) is 4.54. The minimum Gasteiger partial charge on any atom is -0.380 e. The summed E-state index contributed by atoms with van der Waals surface area (Å²) in [5.74, 6) is 0.729. The molecule has 0 bridgehead atoms. The molecular weight excluding hydrogens is 258 g/mol. The summed E-state index contributed by atoms with van der Waals surface area (Å²) in [6.45, 7) is 1.18. The van der Waals surface area contributed by atoms with Crippen molar-refractivity contribution >= 4 is 17.3 Å². The number of halogens is 1. The van der Waals surface area contributed by atoms with Crippen LogP contribution in [-0.4, -0.2) is 23.6 Å². The number of nitrogens with zero attached hydrogens (tertiary/aromatic N) is 1. The number of pyridine rings is 1. The Labute approximate surface area is 120 Å². The Hall–Kier alpha value is -0.800. The van der Waals surface area contributed by atoms with Crippen LogP contribution in [0.3, 0.4) is 0 Å². The monoisotopic (exact) mass is 279 g/mol. The topological polar surface area (TPSA) is 37.0 Å². The highest BCUT2D eigenvalue weighted by atomic mass is 35.5. The highest BCUT2D eigenvalue weighted by Crippen LogP contribution is 2.33. The van der Waals surface area contributed by atoms with Gasteiger partial charge < -0.3 is 10.6 Å². The zero-order valence-corrected chi connectivity index (χ0v) is 12.0. The number of anilines is 1. The first-order valence-electron chi connectivity index (χ1n) is 7.44. The molecule has 2 aliphatic rings. The normalized spacial score (nSPS) is 31.3. The number of rotatable bonds is 3. The summed E-state index contributed by atoms with van der Waals surface area (Å²) >= 11 is 6.23. The van der Waals surface area contributed by atoms with E-state index >= 15 is 0 Å². The molecule has 1 aliphatic carbocycles. The van der Waals surface area contributed by atoms with Gasteiger partial charge in [-0.1, -0.05) is 24.4 Å². The first-order chi connectivity index (χ1) is 9.34. The molecule has 2 heterocycles. The molecule has 3 atom stereocenters. The lowest BCUT2D eigenvalue weighted by Crippen LogP contribution is -2.43. The molecule has 3 nitrogen and oxygen atoms in total. The van der Waals surface area contributed by atoms with Crippen LogP contribution in [0.1, 0.15) is 38.5 Å². The Kier molecular flexibility index (Phi) is 4.24. The van der Waals surface area contributed by atoms with Gasteiger partial charge >= 0.3 is 0 Å². The summed E-state index contributed by atoms with van der Waals surface area (Å²) in [5.41, 5.74) is 0.985. The van der Waals surface area contributed by atoms with Gasteiger partial charge in [0.1, 0.15) is 0 Å². The van der Waals surface area contributed by atoms with Gasteiger partial charge in [0.25, 0.3) is 0 Å². The standard InChI is InChI=1S/C15H22ClN3/c16-12-7-9-17-10-15(12)19-14-5-2-1-4-11(14)13-6-3-8-18-13/h7,9-11,13-14,18-19H,1-6,8H2. The van der Waals surface area contributed by atoms with Crippen LogP contribution in [0.5, 0.6) is 0 Å². The molecule has 1 saturated carbocycles. The zero-order chi connectivity index (χ0) is 13.1. The first-order valence-corrected chi connectivity index (χ1v) is 7.82. The lowest BCUT2D eigenvalue weighted by atomic mass is 9.79. The molecule has 104 valence electrons. The second kappa shape index (κ2) is 6.10. The quantitative estimate of drug-likeness (QED) is 0.890. The van der Waals surface area contributed by atoms with Crippen LogP contribution in [0.25, 0.3) is 0 Å². The van der Waals surface area contributed by atoms with Gasteiger partial charge in [-0.25, -0.2) is 0 Å². The van der Waals surface area contributed by atoms with E-state index in [1.165, 1.54) is 45.1 Å². The second-order valence-corrected chi connectivity index (χ2v) is 6.16. The Balaban J connectivity index is 1.71. The molecule has 19 heavy (non-hydrogen) atoms. The predicted octanol–water partition coefficient (Wildman–Crippen LogP) is 3.46. The molecule has 1 saturated heterocycles. The molecule has 0 amide bonds. The summed E-state index contributed by atoms with van der Waals surface area (Å²) in [6, 6.07) is 3.08. The van der Waals surface area contributed by atoms with Crippen molar-refractivity contribution in [2.24, 2.45) is 5.92 Å². The summed E-state index contributed by atoms with van der Waals surface area (Å²) in [7, 11) is 0. The van der Waals surface area contributed by atoms with E-state index in [4.69, 9.17) is 11.6 Å². The molecule has 1 aromatic rings. The van der Waals surface area contributed by atoms with Crippen molar-refractivity contribution < 1.29 is 0 Å². The third-order valence-corrected chi connectivity index (χ3v) is 4.87. The van der Waals surface area contributed by atoms with Gasteiger partial charge in [-0.3, -0.25) is 4.98 Å². The van der Waals surface area contributed by atoms with Crippen LogP contribution in [-0.2, 0) is 0 Å². The average molecular weight is 280 g/mol. The number of aromatic nitrogens is 1. The van der Waals surface area contributed by atoms with Crippen molar-refractivity contribution in [1.29, 1.82) is 0 Å². The van der Waals surface area contributed by atoms with Crippen molar-refractivity contribution in [3.05, 3.63) is 23.5 Å². The minimum absolute atomic E-state index is 0.533. The molecule has 1 aromatic heterocycles. The van der Waals surface area contributed by atoms with Crippen LogP contribution in [0, 0.1) is 5.92 Å². The van der Waals surface area contributed by atoms with Gasteiger partial charge in [0.15, 0.2) is 0 Å². The van der Waals surface area contributed by atoms with E-state index in [1.807, 2.05) is 12.3 Å². The zero-order valence-electron chi connectivity index (χ0n) is 11.2. The third kappa shape index (κ3) is 3.03. The molecule has 0 radical (unpaired) electrons. The Morgan fingerprint density at radius 3 is 2.89 bits per heavy atom. The molecule has 2 fully saturated rings. The Morgan fingerprint density at radius 2 is 2.11 bits per heavy atom. The fourth-order valence-electron chi connectivity index (χ4n) is 3.58. The van der Waals surface area contributed by atoms with Crippen LogP contribution in [0.4, 0.5) is 5.69 Å². The molecule has 0 spiro atoms. The summed E-state index contributed by atoms with van der Waals surface area (Å²) < 4.78 is 0. The molecule has 3 rings (SSSR count). The number of hydrogen-bond acceptors (Lipinski definition) is 3. The van der Waals surface area contributed by atoms with Crippen molar-refractivity contribution in [1.82, 2.24) is 10.3 Å². The van der Waals surface area contributed by atoms with Gasteiger partial charge in [0, 0.05) is 18.3 Å². The van der Waals surface area contributed by atoms with Gasteiger partial charge in [0.2, 0.25) is 0 Å². The molecule has 3 unspecified atom stereocenters. The van der Waals surface area contributed by atoms with Gasteiger partial charge in [-0.05, 0) is 44.2 Å². The van der Waals surface area contributed by atoms with Crippen molar-refractivity contribution in [3.8, 4) is 0 Å². The van der Waals surface area contributed by atoms with Gasteiger partial charge in [-0.2, -0.15) is 0 Å². The Morgan fingerprint density at radius 1 is 1.21 bits per heavy atom. The van der Waals surface area contributed by atoms with E-state index in [9.17, 15) is 0 Å². The summed E-state index contributed by atoms with van der Waals surface area (Å²) in [6.07, 6.45) is 11.5.